The van der Waals surface area contributed by atoms with Gasteiger partial charge in [-0.2, -0.15) is 0 Å². The summed E-state index contributed by atoms with van der Waals surface area (Å²) < 4.78 is 0. The van der Waals surface area contributed by atoms with Gasteiger partial charge in [0.05, 0.1) is 17.3 Å². The van der Waals surface area contributed by atoms with E-state index in [1.807, 2.05) is 43.3 Å². The van der Waals surface area contributed by atoms with Crippen molar-refractivity contribution in [3.8, 4) is 0 Å². The number of nitrogens with zero attached hydrogens (tertiary/aromatic N) is 2. The first-order chi connectivity index (χ1) is 10.0. The SMILES string of the molecule is CCN(Cc1cccc(C)n1)c1ccc(C(N)=S)c(Cl)c1. The number of nitrogens with two attached hydrogens (primary N) is 1. The van der Waals surface area contributed by atoms with Gasteiger partial charge in [-0.1, -0.05) is 29.9 Å². The lowest BCUT2D eigenvalue weighted by Crippen LogP contribution is -2.23. The summed E-state index contributed by atoms with van der Waals surface area (Å²) in [6, 6.07) is 11.8. The molecule has 1 aromatic heterocycles. The Morgan fingerprint density at radius 2 is 2.10 bits per heavy atom. The number of thiocarbonyl (C=S) groups is 1. The van der Waals surface area contributed by atoms with Crippen LogP contribution >= 0.6 is 23.8 Å². The van der Waals surface area contributed by atoms with Gasteiger partial charge in [-0.15, -0.1) is 0 Å². The molecule has 2 rings (SSSR count). The third-order valence-electron chi connectivity index (χ3n) is 3.26. The van der Waals surface area contributed by atoms with Crippen molar-refractivity contribution in [1.29, 1.82) is 0 Å². The van der Waals surface area contributed by atoms with Crippen LogP contribution < -0.4 is 10.6 Å². The van der Waals surface area contributed by atoms with E-state index in [1.54, 1.807) is 0 Å². The van der Waals surface area contributed by atoms with E-state index in [0.29, 0.717) is 15.6 Å². The Balaban J connectivity index is 2.25. The van der Waals surface area contributed by atoms with Crippen molar-refractivity contribution >= 4 is 34.5 Å². The molecule has 5 heteroatoms. The molecule has 21 heavy (non-hydrogen) atoms. The van der Waals surface area contributed by atoms with Gasteiger partial charge in [-0.05, 0) is 44.2 Å². The number of hydrogen-bond acceptors (Lipinski definition) is 3. The van der Waals surface area contributed by atoms with Crippen LogP contribution in [-0.2, 0) is 6.54 Å². The smallest absolute Gasteiger partial charge is 0.105 e. The summed E-state index contributed by atoms with van der Waals surface area (Å²) in [6.45, 7) is 5.69. The number of aromatic nitrogens is 1. The van der Waals surface area contributed by atoms with Gasteiger partial charge in [0.25, 0.3) is 0 Å². The Morgan fingerprint density at radius 3 is 2.67 bits per heavy atom. The van der Waals surface area contributed by atoms with Crippen molar-refractivity contribution < 1.29 is 0 Å². The first-order valence-corrected chi connectivity index (χ1v) is 7.56. The molecule has 110 valence electrons. The second-order valence-electron chi connectivity index (χ2n) is 4.81. The normalized spacial score (nSPS) is 10.4. The van der Waals surface area contributed by atoms with Crippen molar-refractivity contribution in [2.45, 2.75) is 20.4 Å². The molecule has 0 bridgehead atoms. The predicted octanol–water partition coefficient (Wildman–Crippen LogP) is 3.70. The van der Waals surface area contributed by atoms with Crippen LogP contribution in [0.2, 0.25) is 5.02 Å². The third-order valence-corrected chi connectivity index (χ3v) is 3.80. The van der Waals surface area contributed by atoms with Gasteiger partial charge in [0.1, 0.15) is 4.99 Å². The molecule has 0 unspecified atom stereocenters. The van der Waals surface area contributed by atoms with Crippen molar-refractivity contribution in [3.63, 3.8) is 0 Å². The fourth-order valence-electron chi connectivity index (χ4n) is 2.17. The maximum atomic E-state index is 6.24. The molecule has 1 heterocycles. The van der Waals surface area contributed by atoms with Crippen LogP contribution in [0.25, 0.3) is 0 Å². The summed E-state index contributed by atoms with van der Waals surface area (Å²) in [4.78, 5) is 7.06. The molecule has 0 fully saturated rings. The monoisotopic (exact) mass is 319 g/mol. The zero-order valence-corrected chi connectivity index (χ0v) is 13.7. The fraction of sp³-hybridized carbons (Fsp3) is 0.250. The highest BCUT2D eigenvalue weighted by atomic mass is 35.5. The Labute approximate surface area is 135 Å². The van der Waals surface area contributed by atoms with E-state index in [9.17, 15) is 0 Å². The fourth-order valence-corrected chi connectivity index (χ4v) is 2.68. The Hall–Kier alpha value is -1.65. The molecule has 1 aromatic carbocycles. The van der Waals surface area contributed by atoms with Crippen molar-refractivity contribution in [1.82, 2.24) is 4.98 Å². The van der Waals surface area contributed by atoms with E-state index in [0.717, 1.165) is 30.2 Å². The maximum absolute atomic E-state index is 6.24. The molecule has 0 amide bonds. The van der Waals surface area contributed by atoms with E-state index in [1.165, 1.54) is 0 Å². The van der Waals surface area contributed by atoms with Crippen LogP contribution in [0.4, 0.5) is 5.69 Å². The average Bonchev–Trinajstić information content (AvgIpc) is 2.44. The molecule has 0 aliphatic carbocycles. The number of hydrogen-bond donors (Lipinski definition) is 1. The van der Waals surface area contributed by atoms with Gasteiger partial charge in [0.15, 0.2) is 0 Å². The molecule has 0 spiro atoms. The lowest BCUT2D eigenvalue weighted by Gasteiger charge is -2.23. The van der Waals surface area contributed by atoms with Crippen LogP contribution in [0.1, 0.15) is 23.9 Å². The summed E-state index contributed by atoms with van der Waals surface area (Å²) in [5, 5.41) is 0.579. The molecule has 0 radical (unpaired) electrons. The zero-order chi connectivity index (χ0) is 15.4. The third kappa shape index (κ3) is 3.93. The average molecular weight is 320 g/mol. The Kier molecular flexibility index (Phi) is 5.15. The summed E-state index contributed by atoms with van der Waals surface area (Å²) in [7, 11) is 0. The molecule has 2 N–H and O–H groups in total. The van der Waals surface area contributed by atoms with E-state index in [2.05, 4.69) is 16.8 Å². The second kappa shape index (κ2) is 6.87. The molecule has 0 saturated carbocycles. The highest BCUT2D eigenvalue weighted by Crippen LogP contribution is 2.24. The highest BCUT2D eigenvalue weighted by Gasteiger charge is 2.10. The largest absolute Gasteiger partial charge is 0.389 e. The van der Waals surface area contributed by atoms with Gasteiger partial charge in [0.2, 0.25) is 0 Å². The van der Waals surface area contributed by atoms with Crippen LogP contribution in [0.5, 0.6) is 0 Å². The minimum atomic E-state index is 0.315. The molecule has 0 aliphatic heterocycles. The molecular weight excluding hydrogens is 302 g/mol. The van der Waals surface area contributed by atoms with Gasteiger partial charge >= 0.3 is 0 Å². The van der Waals surface area contributed by atoms with E-state index in [-0.39, 0.29) is 0 Å². The molecule has 0 saturated heterocycles. The number of rotatable bonds is 5. The lowest BCUT2D eigenvalue weighted by molar-refractivity contribution is 0.806. The van der Waals surface area contributed by atoms with Crippen molar-refractivity contribution in [3.05, 3.63) is 58.4 Å². The predicted molar refractivity (Wildman–Crippen MR) is 93.0 cm³/mol. The van der Waals surface area contributed by atoms with Crippen molar-refractivity contribution in [2.24, 2.45) is 5.73 Å². The molecular formula is C16H18ClN3S. The van der Waals surface area contributed by atoms with Gasteiger partial charge in [0, 0.05) is 23.5 Å². The number of pyridine rings is 1. The summed E-state index contributed by atoms with van der Waals surface area (Å²) in [5.74, 6) is 0. The lowest BCUT2D eigenvalue weighted by atomic mass is 10.2. The van der Waals surface area contributed by atoms with E-state index < -0.39 is 0 Å². The minimum absolute atomic E-state index is 0.315. The Morgan fingerprint density at radius 1 is 1.33 bits per heavy atom. The number of halogens is 1. The summed E-state index contributed by atoms with van der Waals surface area (Å²) >= 11 is 11.2. The standard InChI is InChI=1S/C16H18ClN3S/c1-3-20(10-12-6-4-5-11(2)19-12)13-7-8-14(16(18)21)15(17)9-13/h4-9H,3,10H2,1-2H3,(H2,18,21). The van der Waals surface area contributed by atoms with E-state index in [4.69, 9.17) is 29.6 Å². The van der Waals surface area contributed by atoms with E-state index >= 15 is 0 Å². The maximum Gasteiger partial charge on any atom is 0.105 e. The number of benzene rings is 1. The first-order valence-electron chi connectivity index (χ1n) is 6.78. The minimum Gasteiger partial charge on any atom is -0.389 e. The number of aryl methyl sites for hydroxylation is 1. The van der Waals surface area contributed by atoms with Crippen LogP contribution in [-0.4, -0.2) is 16.5 Å². The van der Waals surface area contributed by atoms with Crippen LogP contribution in [0.3, 0.4) is 0 Å². The molecule has 3 nitrogen and oxygen atoms in total. The molecule has 2 aromatic rings. The summed E-state index contributed by atoms with van der Waals surface area (Å²) in [6.07, 6.45) is 0. The zero-order valence-electron chi connectivity index (χ0n) is 12.1. The second-order valence-corrected chi connectivity index (χ2v) is 5.66. The molecule has 0 atom stereocenters. The summed E-state index contributed by atoms with van der Waals surface area (Å²) in [5.41, 5.74) is 9.43. The van der Waals surface area contributed by atoms with Gasteiger partial charge in [-0.25, -0.2) is 0 Å². The number of anilines is 1. The van der Waals surface area contributed by atoms with Gasteiger partial charge in [-0.3, -0.25) is 4.98 Å². The van der Waals surface area contributed by atoms with Crippen LogP contribution in [0.15, 0.2) is 36.4 Å². The molecule has 0 aliphatic rings. The van der Waals surface area contributed by atoms with Gasteiger partial charge < -0.3 is 10.6 Å². The van der Waals surface area contributed by atoms with Crippen LogP contribution in [0, 0.1) is 6.92 Å². The quantitative estimate of drug-likeness (QED) is 0.853. The highest BCUT2D eigenvalue weighted by molar-refractivity contribution is 7.80. The first kappa shape index (κ1) is 15.7. The Bertz CT molecular complexity index is 658. The van der Waals surface area contributed by atoms with Crippen molar-refractivity contribution in [2.75, 3.05) is 11.4 Å². The topological polar surface area (TPSA) is 42.2 Å².